The van der Waals surface area contributed by atoms with Crippen LogP contribution in [0.3, 0.4) is 0 Å². The summed E-state index contributed by atoms with van der Waals surface area (Å²) in [4.78, 5) is 4.94. The fraction of sp³-hybridized carbons (Fsp3) is 0.348. The number of hydrogen-bond donors (Lipinski definition) is 1. The second kappa shape index (κ2) is 8.87. The molecule has 1 aliphatic rings. The van der Waals surface area contributed by atoms with Crippen molar-refractivity contribution in [1.82, 2.24) is 14.4 Å². The predicted octanol–water partition coefficient (Wildman–Crippen LogP) is 4.08. The lowest BCUT2D eigenvalue weighted by atomic mass is 10.2. The summed E-state index contributed by atoms with van der Waals surface area (Å²) in [5.41, 5.74) is 2.56. The van der Waals surface area contributed by atoms with Gasteiger partial charge in [0, 0.05) is 55.9 Å². The number of phenols is 1. The van der Waals surface area contributed by atoms with Gasteiger partial charge in [-0.05, 0) is 30.7 Å². The average molecular weight is 409 g/mol. The highest BCUT2D eigenvalue weighted by atomic mass is 35.5. The van der Waals surface area contributed by atoms with E-state index in [9.17, 15) is 10.4 Å². The normalized spacial score (nSPS) is 15.6. The van der Waals surface area contributed by atoms with E-state index < -0.39 is 0 Å². The van der Waals surface area contributed by atoms with E-state index in [-0.39, 0.29) is 5.75 Å². The molecule has 1 aromatic heterocycles. The fourth-order valence-corrected chi connectivity index (χ4v) is 4.30. The molecule has 0 aliphatic carbocycles. The van der Waals surface area contributed by atoms with Gasteiger partial charge in [-0.15, -0.1) is 0 Å². The number of aromatic nitrogens is 1. The lowest BCUT2D eigenvalue weighted by Crippen LogP contribution is -2.46. The number of aryl methyl sites for hydroxylation is 1. The number of para-hydroxylation sites is 1. The van der Waals surface area contributed by atoms with Crippen molar-refractivity contribution in [1.29, 1.82) is 5.26 Å². The van der Waals surface area contributed by atoms with Crippen LogP contribution in [0, 0.1) is 11.3 Å². The highest BCUT2D eigenvalue weighted by molar-refractivity contribution is 6.31. The molecule has 1 aliphatic heterocycles. The van der Waals surface area contributed by atoms with Gasteiger partial charge in [0.1, 0.15) is 11.8 Å². The fourth-order valence-electron chi connectivity index (χ4n) is 4.11. The summed E-state index contributed by atoms with van der Waals surface area (Å²) in [6.45, 7) is 6.87. The van der Waals surface area contributed by atoms with Crippen LogP contribution < -0.4 is 0 Å². The van der Waals surface area contributed by atoms with E-state index in [1.807, 2.05) is 35.0 Å². The largest absolute Gasteiger partial charge is 0.506 e. The van der Waals surface area contributed by atoms with Gasteiger partial charge in [0.2, 0.25) is 0 Å². The van der Waals surface area contributed by atoms with Crippen LogP contribution in [0.25, 0.3) is 10.9 Å². The summed E-state index contributed by atoms with van der Waals surface area (Å²) in [5, 5.41) is 21.2. The first-order valence-electron chi connectivity index (χ1n) is 10.0. The number of halogens is 1. The molecule has 0 atom stereocenters. The molecular weight excluding hydrogens is 384 g/mol. The van der Waals surface area contributed by atoms with Gasteiger partial charge >= 0.3 is 0 Å². The number of aromatic hydroxyl groups is 1. The second-order valence-electron chi connectivity index (χ2n) is 7.58. The quantitative estimate of drug-likeness (QED) is 0.667. The molecule has 0 amide bonds. The highest BCUT2D eigenvalue weighted by Crippen LogP contribution is 2.29. The first-order chi connectivity index (χ1) is 14.2. The third-order valence-electron chi connectivity index (χ3n) is 5.69. The van der Waals surface area contributed by atoms with Gasteiger partial charge in [-0.3, -0.25) is 4.90 Å². The molecule has 3 aromatic rings. The Balaban J connectivity index is 1.29. The van der Waals surface area contributed by atoms with E-state index in [1.165, 1.54) is 5.56 Å². The molecule has 5 nitrogen and oxygen atoms in total. The van der Waals surface area contributed by atoms with Crippen molar-refractivity contribution in [3.05, 3.63) is 64.8 Å². The number of rotatable bonds is 6. The minimum Gasteiger partial charge on any atom is -0.506 e. The Morgan fingerprint density at radius 3 is 2.48 bits per heavy atom. The summed E-state index contributed by atoms with van der Waals surface area (Å²) >= 11 is 6.29. The molecular formula is C23H25ClN4O. The summed E-state index contributed by atoms with van der Waals surface area (Å²) in [6.07, 6.45) is 2.83. The molecule has 29 heavy (non-hydrogen) atoms. The third-order valence-corrected chi connectivity index (χ3v) is 6.06. The molecule has 150 valence electrons. The minimum absolute atomic E-state index is 0.234. The molecule has 0 unspecified atom stereocenters. The van der Waals surface area contributed by atoms with E-state index in [2.05, 4.69) is 21.9 Å². The Bertz CT molecular complexity index is 1030. The van der Waals surface area contributed by atoms with E-state index >= 15 is 0 Å². The van der Waals surface area contributed by atoms with E-state index in [4.69, 9.17) is 11.6 Å². The topological polar surface area (TPSA) is 55.4 Å². The third kappa shape index (κ3) is 4.40. The van der Waals surface area contributed by atoms with Gasteiger partial charge in [0.05, 0.1) is 11.1 Å². The van der Waals surface area contributed by atoms with E-state index in [0.29, 0.717) is 5.56 Å². The molecule has 1 saturated heterocycles. The zero-order valence-corrected chi connectivity index (χ0v) is 17.1. The van der Waals surface area contributed by atoms with Gasteiger partial charge in [0.25, 0.3) is 0 Å². The predicted molar refractivity (Wildman–Crippen MR) is 116 cm³/mol. The average Bonchev–Trinajstić information content (AvgIpc) is 3.10. The van der Waals surface area contributed by atoms with Crippen LogP contribution in [0.15, 0.2) is 48.7 Å². The van der Waals surface area contributed by atoms with Gasteiger partial charge < -0.3 is 14.6 Å². The van der Waals surface area contributed by atoms with Crippen LogP contribution in [-0.2, 0) is 13.1 Å². The molecule has 0 radical (unpaired) electrons. The maximum atomic E-state index is 10.2. The number of nitrogens with zero attached hydrogens (tertiary/aromatic N) is 4. The number of phenolic OH excluding ortho intramolecular Hbond substituents is 1. The number of fused-ring (bicyclic) bond motifs is 1. The van der Waals surface area contributed by atoms with Crippen LogP contribution in [-0.4, -0.2) is 52.2 Å². The lowest BCUT2D eigenvalue weighted by molar-refractivity contribution is 0.125. The molecule has 1 fully saturated rings. The van der Waals surface area contributed by atoms with Crippen molar-refractivity contribution in [2.45, 2.75) is 19.5 Å². The number of benzene rings is 2. The first-order valence-corrected chi connectivity index (χ1v) is 10.4. The zero-order valence-electron chi connectivity index (χ0n) is 16.4. The number of hydrogen-bond acceptors (Lipinski definition) is 4. The van der Waals surface area contributed by atoms with Crippen LogP contribution in [0.2, 0.25) is 5.02 Å². The summed E-state index contributed by atoms with van der Waals surface area (Å²) in [5.74, 6) is 0.234. The summed E-state index contributed by atoms with van der Waals surface area (Å²) < 4.78 is 2.01. The monoisotopic (exact) mass is 408 g/mol. The van der Waals surface area contributed by atoms with Gasteiger partial charge in [-0.1, -0.05) is 41.9 Å². The van der Waals surface area contributed by atoms with E-state index in [0.717, 1.165) is 68.2 Å². The summed E-state index contributed by atoms with van der Waals surface area (Å²) in [6, 6.07) is 15.6. The Morgan fingerprint density at radius 2 is 1.72 bits per heavy atom. The Labute approximate surface area is 176 Å². The Kier molecular flexibility index (Phi) is 6.05. The molecule has 0 bridgehead atoms. The molecule has 2 aromatic carbocycles. The first kappa shape index (κ1) is 19.8. The van der Waals surface area contributed by atoms with Crippen molar-refractivity contribution in [2.24, 2.45) is 0 Å². The van der Waals surface area contributed by atoms with Crippen LogP contribution in [0.1, 0.15) is 17.5 Å². The molecule has 6 heteroatoms. The van der Waals surface area contributed by atoms with Crippen LogP contribution in [0.5, 0.6) is 5.75 Å². The minimum atomic E-state index is 0.234. The molecule has 0 spiro atoms. The molecule has 4 rings (SSSR count). The van der Waals surface area contributed by atoms with Crippen molar-refractivity contribution >= 4 is 22.5 Å². The van der Waals surface area contributed by atoms with Crippen molar-refractivity contribution in [2.75, 3.05) is 32.7 Å². The standard InChI is InChI=1S/C23H25ClN4O/c24-21-7-2-1-5-18(21)16-27-13-11-26(12-14-27)9-4-10-28-17-19(15-25)20-6-3-8-22(29)23(20)28/h1-3,5-8,17,29H,4,9-14,16H2. The van der Waals surface area contributed by atoms with Gasteiger partial charge in [-0.2, -0.15) is 5.26 Å². The maximum Gasteiger partial charge on any atom is 0.139 e. The SMILES string of the molecule is N#Cc1cn(CCCN2CCN(Cc3ccccc3Cl)CC2)c2c(O)cccc12. The smallest absolute Gasteiger partial charge is 0.139 e. The second-order valence-corrected chi connectivity index (χ2v) is 7.99. The van der Waals surface area contributed by atoms with Crippen molar-refractivity contribution < 1.29 is 5.11 Å². The van der Waals surface area contributed by atoms with Crippen molar-refractivity contribution in [3.63, 3.8) is 0 Å². The van der Waals surface area contributed by atoms with E-state index in [1.54, 1.807) is 12.1 Å². The molecule has 2 heterocycles. The van der Waals surface area contributed by atoms with Crippen LogP contribution in [0.4, 0.5) is 0 Å². The molecule has 1 N–H and O–H groups in total. The Morgan fingerprint density at radius 1 is 0.966 bits per heavy atom. The number of piperazine rings is 1. The summed E-state index contributed by atoms with van der Waals surface area (Å²) in [7, 11) is 0. The van der Waals surface area contributed by atoms with Crippen LogP contribution >= 0.6 is 11.6 Å². The van der Waals surface area contributed by atoms with Gasteiger partial charge in [0.15, 0.2) is 0 Å². The lowest BCUT2D eigenvalue weighted by Gasteiger charge is -2.34. The highest BCUT2D eigenvalue weighted by Gasteiger charge is 2.18. The molecule has 0 saturated carbocycles. The Hall–Kier alpha value is -2.52. The maximum absolute atomic E-state index is 10.2. The van der Waals surface area contributed by atoms with Gasteiger partial charge in [-0.25, -0.2) is 0 Å². The number of nitriles is 1. The zero-order chi connectivity index (χ0) is 20.2. The van der Waals surface area contributed by atoms with Crippen molar-refractivity contribution in [3.8, 4) is 11.8 Å².